The van der Waals surface area contributed by atoms with Crippen molar-refractivity contribution in [2.75, 3.05) is 67.5 Å². The number of ketones is 1. The molecule has 1 aliphatic carbocycles. The summed E-state index contributed by atoms with van der Waals surface area (Å²) in [5.41, 5.74) is 2.22. The predicted molar refractivity (Wildman–Crippen MR) is 154 cm³/mol. The maximum atomic E-state index is 13.6. The number of anilines is 4. The zero-order valence-electron chi connectivity index (χ0n) is 22.8. The zero-order chi connectivity index (χ0) is 26.9. The van der Waals surface area contributed by atoms with Crippen LogP contribution in [0.1, 0.15) is 54.6 Å². The van der Waals surface area contributed by atoms with Crippen LogP contribution in [0.3, 0.4) is 0 Å². The van der Waals surface area contributed by atoms with Gasteiger partial charge in [-0.05, 0) is 44.4 Å². The molecule has 3 aliphatic rings. The molecule has 0 radical (unpaired) electrons. The van der Waals surface area contributed by atoms with Crippen LogP contribution in [0.2, 0.25) is 0 Å². The molecule has 0 atom stereocenters. The van der Waals surface area contributed by atoms with Crippen molar-refractivity contribution >= 4 is 40.1 Å². The molecule has 2 saturated heterocycles. The lowest BCUT2D eigenvalue weighted by Crippen LogP contribution is -2.44. The van der Waals surface area contributed by atoms with Crippen molar-refractivity contribution in [1.82, 2.24) is 30.2 Å². The van der Waals surface area contributed by atoms with Gasteiger partial charge >= 0.3 is 0 Å². The highest BCUT2D eigenvalue weighted by Gasteiger charge is 2.26. The van der Waals surface area contributed by atoms with E-state index in [0.29, 0.717) is 23.0 Å². The highest BCUT2D eigenvalue weighted by atomic mass is 16.1. The van der Waals surface area contributed by atoms with Crippen molar-refractivity contribution in [3.8, 4) is 0 Å². The first-order valence-corrected chi connectivity index (χ1v) is 14.1. The van der Waals surface area contributed by atoms with E-state index in [1.807, 2.05) is 6.92 Å². The molecule has 11 heteroatoms. The molecule has 11 nitrogen and oxygen atoms in total. The van der Waals surface area contributed by atoms with Crippen LogP contribution in [0.5, 0.6) is 0 Å². The van der Waals surface area contributed by atoms with Crippen LogP contribution in [0.15, 0.2) is 23.1 Å². The summed E-state index contributed by atoms with van der Waals surface area (Å²) >= 11 is 0. The summed E-state index contributed by atoms with van der Waals surface area (Å²) in [5, 5.41) is 11.0. The maximum Gasteiger partial charge on any atom is 0.263 e. The average Bonchev–Trinajstić information content (AvgIpc) is 3.48. The van der Waals surface area contributed by atoms with Gasteiger partial charge in [-0.1, -0.05) is 12.8 Å². The third kappa shape index (κ3) is 4.96. The molecule has 1 saturated carbocycles. The summed E-state index contributed by atoms with van der Waals surface area (Å²) in [5.74, 6) is 1.80. The Morgan fingerprint density at radius 2 is 1.64 bits per heavy atom. The number of hydrogen-bond donors (Lipinski definition) is 3. The lowest BCUT2D eigenvalue weighted by atomic mass is 10.0. The standard InChI is InChI=1S/C28H37N9O2/c1-18-21-17-31-28(34-26(21)37(20-5-3-4-6-20)27(39)24(18)19(2)38)33-25-22(35-13-9-29-10-14-35)7-8-23(32-25)36-15-11-30-12-16-36/h7-8,17,20,29-30H,3-6,9-16H2,1-2H3,(H,31,32,33,34). The van der Waals surface area contributed by atoms with Gasteiger partial charge in [-0.3, -0.25) is 14.2 Å². The van der Waals surface area contributed by atoms with E-state index in [0.717, 1.165) is 94.9 Å². The topological polar surface area (TPSA) is 120 Å². The number of hydrogen-bond acceptors (Lipinski definition) is 10. The maximum absolute atomic E-state index is 13.6. The van der Waals surface area contributed by atoms with Crippen LogP contribution in [-0.4, -0.2) is 77.7 Å². The first-order valence-electron chi connectivity index (χ1n) is 14.1. The summed E-state index contributed by atoms with van der Waals surface area (Å²) in [6.45, 7) is 10.5. The molecule has 3 fully saturated rings. The lowest BCUT2D eigenvalue weighted by Gasteiger charge is -2.32. The SMILES string of the molecule is CC(=O)c1c(C)c2cnc(Nc3nc(N4CCNCC4)ccc3N3CCNCC3)nc2n(C2CCCC2)c1=O. The van der Waals surface area contributed by atoms with Gasteiger partial charge in [0.25, 0.3) is 5.56 Å². The van der Waals surface area contributed by atoms with E-state index in [2.05, 4.69) is 42.9 Å². The molecular weight excluding hydrogens is 494 g/mol. The molecule has 206 valence electrons. The number of fused-ring (bicyclic) bond motifs is 1. The minimum Gasteiger partial charge on any atom is -0.366 e. The van der Waals surface area contributed by atoms with Crippen LogP contribution >= 0.6 is 0 Å². The first kappa shape index (κ1) is 25.7. The Bertz CT molecular complexity index is 1440. The molecular formula is C28H37N9O2. The van der Waals surface area contributed by atoms with Gasteiger partial charge in [0.05, 0.1) is 11.3 Å². The number of piperazine rings is 2. The van der Waals surface area contributed by atoms with Crippen LogP contribution in [-0.2, 0) is 0 Å². The van der Waals surface area contributed by atoms with Crippen LogP contribution in [0.25, 0.3) is 11.0 Å². The van der Waals surface area contributed by atoms with Gasteiger partial charge in [0.1, 0.15) is 11.5 Å². The van der Waals surface area contributed by atoms with E-state index in [-0.39, 0.29) is 22.9 Å². The minimum atomic E-state index is -0.246. The second kappa shape index (κ2) is 10.9. The number of Topliss-reactive ketones (excluding diaryl/α,β-unsaturated/α-hetero) is 1. The molecule has 6 rings (SSSR count). The number of aromatic nitrogens is 4. The van der Waals surface area contributed by atoms with Gasteiger partial charge in [-0.2, -0.15) is 4.98 Å². The monoisotopic (exact) mass is 531 g/mol. The molecule has 5 heterocycles. The summed E-state index contributed by atoms with van der Waals surface area (Å²) in [6, 6.07) is 4.27. The Morgan fingerprint density at radius 1 is 0.974 bits per heavy atom. The lowest BCUT2D eigenvalue weighted by molar-refractivity contribution is 0.101. The largest absolute Gasteiger partial charge is 0.366 e. The van der Waals surface area contributed by atoms with Gasteiger partial charge in [-0.15, -0.1) is 0 Å². The van der Waals surface area contributed by atoms with E-state index in [1.165, 1.54) is 6.92 Å². The van der Waals surface area contributed by atoms with E-state index < -0.39 is 0 Å². The fourth-order valence-electron chi connectivity index (χ4n) is 6.18. The van der Waals surface area contributed by atoms with E-state index in [4.69, 9.17) is 9.97 Å². The summed E-state index contributed by atoms with van der Waals surface area (Å²) in [4.78, 5) is 45.3. The molecule has 0 unspecified atom stereocenters. The quantitative estimate of drug-likeness (QED) is 0.409. The minimum absolute atomic E-state index is 0.0343. The molecule has 0 amide bonds. The Morgan fingerprint density at radius 3 is 2.31 bits per heavy atom. The summed E-state index contributed by atoms with van der Waals surface area (Å²) < 4.78 is 1.75. The molecule has 0 aromatic carbocycles. The second-order valence-corrected chi connectivity index (χ2v) is 10.7. The second-order valence-electron chi connectivity index (χ2n) is 10.7. The summed E-state index contributed by atoms with van der Waals surface area (Å²) in [6.07, 6.45) is 5.68. The van der Waals surface area contributed by atoms with Gasteiger partial charge < -0.3 is 25.8 Å². The van der Waals surface area contributed by atoms with Crippen molar-refractivity contribution < 1.29 is 4.79 Å². The van der Waals surface area contributed by atoms with Crippen LogP contribution < -0.4 is 31.3 Å². The number of nitrogens with zero attached hydrogens (tertiary/aromatic N) is 6. The highest BCUT2D eigenvalue weighted by Crippen LogP contribution is 2.33. The normalized spacial score (nSPS) is 18.6. The predicted octanol–water partition coefficient (Wildman–Crippen LogP) is 2.38. The van der Waals surface area contributed by atoms with Gasteiger partial charge in [0, 0.05) is 70.0 Å². The number of carbonyl (C=O) groups excluding carboxylic acids is 1. The van der Waals surface area contributed by atoms with Crippen molar-refractivity contribution in [2.45, 2.75) is 45.6 Å². The van der Waals surface area contributed by atoms with Crippen molar-refractivity contribution in [3.05, 3.63) is 39.8 Å². The fourth-order valence-corrected chi connectivity index (χ4v) is 6.18. The zero-order valence-corrected chi connectivity index (χ0v) is 22.8. The smallest absolute Gasteiger partial charge is 0.263 e. The third-order valence-corrected chi connectivity index (χ3v) is 8.24. The fraction of sp³-hybridized carbons (Fsp3) is 0.536. The summed E-state index contributed by atoms with van der Waals surface area (Å²) in [7, 11) is 0. The first-order chi connectivity index (χ1) is 19.0. The average molecular weight is 532 g/mol. The molecule has 39 heavy (non-hydrogen) atoms. The van der Waals surface area contributed by atoms with Gasteiger partial charge in [0.15, 0.2) is 11.6 Å². The van der Waals surface area contributed by atoms with E-state index >= 15 is 0 Å². The van der Waals surface area contributed by atoms with E-state index in [9.17, 15) is 9.59 Å². The van der Waals surface area contributed by atoms with E-state index in [1.54, 1.807) is 10.8 Å². The Hall–Kier alpha value is -3.57. The number of nitrogens with one attached hydrogen (secondary N) is 3. The number of rotatable bonds is 6. The number of aryl methyl sites for hydroxylation is 1. The number of carbonyl (C=O) groups is 1. The molecule has 0 bridgehead atoms. The molecule has 3 aromatic rings. The Kier molecular flexibility index (Phi) is 7.18. The van der Waals surface area contributed by atoms with Crippen LogP contribution in [0.4, 0.5) is 23.3 Å². The molecule has 3 aromatic heterocycles. The molecule has 3 N–H and O–H groups in total. The third-order valence-electron chi connectivity index (χ3n) is 8.24. The van der Waals surface area contributed by atoms with Crippen molar-refractivity contribution in [3.63, 3.8) is 0 Å². The molecule has 0 spiro atoms. The van der Waals surface area contributed by atoms with Crippen LogP contribution in [0, 0.1) is 6.92 Å². The van der Waals surface area contributed by atoms with Gasteiger partial charge in [-0.25, -0.2) is 9.97 Å². The van der Waals surface area contributed by atoms with Gasteiger partial charge in [0.2, 0.25) is 5.95 Å². The van der Waals surface area contributed by atoms with Crippen molar-refractivity contribution in [2.24, 2.45) is 0 Å². The highest BCUT2D eigenvalue weighted by molar-refractivity contribution is 5.99. The number of pyridine rings is 2. The Labute approximate surface area is 228 Å². The molecule has 2 aliphatic heterocycles. The van der Waals surface area contributed by atoms with Crippen molar-refractivity contribution in [1.29, 1.82) is 0 Å². The Balaban J connectivity index is 1.44.